The molecule has 0 spiro atoms. The largest absolute Gasteiger partial charge is 0.404 e. The summed E-state index contributed by atoms with van der Waals surface area (Å²) in [4.78, 5) is 11.7. The average molecular weight is 358 g/mol. The highest BCUT2D eigenvalue weighted by atomic mass is 28.4. The lowest BCUT2D eigenvalue weighted by atomic mass is 10.2. The number of carbonyl (C=O) groups excluding carboxylic acids is 1. The molecular weight excluding hydrogens is 330 g/mol. The van der Waals surface area contributed by atoms with E-state index < -0.39 is 20.3 Å². The summed E-state index contributed by atoms with van der Waals surface area (Å²) in [5.74, 6) is -0.432. The second kappa shape index (κ2) is 7.95. The van der Waals surface area contributed by atoms with Crippen LogP contribution < -0.4 is 15.7 Å². The molecule has 0 aliphatic heterocycles. The lowest BCUT2D eigenvalue weighted by Crippen LogP contribution is -2.67. The molecule has 4 nitrogen and oxygen atoms in total. The van der Waals surface area contributed by atoms with Crippen LogP contribution in [-0.4, -0.2) is 39.1 Å². The van der Waals surface area contributed by atoms with Crippen molar-refractivity contribution in [2.24, 2.45) is 0 Å². The first-order valence-corrected chi connectivity index (χ1v) is 10.4. The van der Waals surface area contributed by atoms with Gasteiger partial charge in [-0.15, -0.1) is 0 Å². The molecule has 2 N–H and O–H groups in total. The van der Waals surface area contributed by atoms with Crippen LogP contribution in [0.15, 0.2) is 60.7 Å². The SMILES string of the molecule is CNC(=O)[C@@H](O)CO[Si](c1ccccc1)(c1ccccc1)C(C)(C)C. The standard InChI is InChI=1S/C20H27NO3Si/c1-20(2,3)25(16-11-7-5-8-12-16,17-13-9-6-10-14-17)24-15-18(22)19(23)21-4/h5-14,18,22H,15H2,1-4H3,(H,21,23)/t18-/m0/s1. The van der Waals surface area contributed by atoms with E-state index in [0.29, 0.717) is 0 Å². The minimum atomic E-state index is -2.71. The Labute approximate surface area is 151 Å². The van der Waals surface area contributed by atoms with E-state index in [1.165, 1.54) is 7.05 Å². The Bertz CT molecular complexity index is 644. The van der Waals surface area contributed by atoms with Gasteiger partial charge in [-0.05, 0) is 15.4 Å². The highest BCUT2D eigenvalue weighted by Crippen LogP contribution is 2.36. The fourth-order valence-electron chi connectivity index (χ4n) is 3.21. The van der Waals surface area contributed by atoms with Crippen LogP contribution >= 0.6 is 0 Å². The van der Waals surface area contributed by atoms with Crippen molar-refractivity contribution < 1.29 is 14.3 Å². The molecule has 25 heavy (non-hydrogen) atoms. The van der Waals surface area contributed by atoms with Gasteiger partial charge >= 0.3 is 0 Å². The predicted molar refractivity (Wildman–Crippen MR) is 104 cm³/mol. The van der Waals surface area contributed by atoms with Gasteiger partial charge in [-0.3, -0.25) is 4.79 Å². The van der Waals surface area contributed by atoms with Gasteiger partial charge in [0.15, 0.2) is 6.10 Å². The number of carbonyl (C=O) groups is 1. The number of aliphatic hydroxyl groups excluding tert-OH is 1. The Kier molecular flexibility index (Phi) is 6.16. The molecule has 0 bridgehead atoms. The molecule has 2 rings (SSSR count). The Morgan fingerprint density at radius 2 is 1.48 bits per heavy atom. The van der Waals surface area contributed by atoms with Crippen LogP contribution in [0, 0.1) is 0 Å². The minimum absolute atomic E-state index is 0.0348. The number of hydrogen-bond donors (Lipinski definition) is 2. The van der Waals surface area contributed by atoms with E-state index >= 15 is 0 Å². The van der Waals surface area contributed by atoms with E-state index in [1.807, 2.05) is 36.4 Å². The number of nitrogens with one attached hydrogen (secondary N) is 1. The van der Waals surface area contributed by atoms with E-state index in [1.54, 1.807) is 0 Å². The maximum Gasteiger partial charge on any atom is 0.261 e. The zero-order chi connectivity index (χ0) is 18.5. The van der Waals surface area contributed by atoms with E-state index in [2.05, 4.69) is 50.4 Å². The van der Waals surface area contributed by atoms with Gasteiger partial charge in [-0.25, -0.2) is 0 Å². The van der Waals surface area contributed by atoms with E-state index in [-0.39, 0.29) is 11.6 Å². The van der Waals surface area contributed by atoms with Gasteiger partial charge in [0.05, 0.1) is 6.61 Å². The molecule has 0 radical (unpaired) electrons. The summed E-state index contributed by atoms with van der Waals surface area (Å²) < 4.78 is 6.48. The normalized spacial score (nSPS) is 13.3. The predicted octanol–water partition coefficient (Wildman–Crippen LogP) is 1.67. The smallest absolute Gasteiger partial charge is 0.261 e. The van der Waals surface area contributed by atoms with Crippen LogP contribution in [0.1, 0.15) is 20.8 Å². The first-order chi connectivity index (χ1) is 11.8. The molecule has 0 aromatic heterocycles. The maximum atomic E-state index is 11.7. The van der Waals surface area contributed by atoms with Gasteiger partial charge in [0.1, 0.15) is 0 Å². The van der Waals surface area contributed by atoms with Crippen molar-refractivity contribution >= 4 is 24.6 Å². The average Bonchev–Trinajstić information content (AvgIpc) is 2.62. The lowest BCUT2D eigenvalue weighted by molar-refractivity contribution is -0.130. The zero-order valence-electron chi connectivity index (χ0n) is 15.3. The molecule has 134 valence electrons. The highest BCUT2D eigenvalue weighted by molar-refractivity contribution is 6.99. The number of likely N-dealkylation sites (N-methyl/N-ethyl adjacent to an activating group) is 1. The van der Waals surface area contributed by atoms with Crippen LogP contribution in [0.2, 0.25) is 5.04 Å². The molecule has 2 aromatic rings. The molecule has 0 unspecified atom stereocenters. The number of amides is 1. The lowest BCUT2D eigenvalue weighted by Gasteiger charge is -2.43. The van der Waals surface area contributed by atoms with Crippen molar-refractivity contribution in [3.05, 3.63) is 60.7 Å². The summed E-state index contributed by atoms with van der Waals surface area (Å²) in [6.07, 6.45) is -1.19. The molecule has 2 aromatic carbocycles. The number of rotatable bonds is 6. The van der Waals surface area contributed by atoms with Gasteiger partial charge in [0.2, 0.25) is 0 Å². The summed E-state index contributed by atoms with van der Waals surface area (Å²) in [7, 11) is -1.20. The van der Waals surface area contributed by atoms with E-state index in [0.717, 1.165) is 10.4 Å². The summed E-state index contributed by atoms with van der Waals surface area (Å²) >= 11 is 0. The molecule has 0 aliphatic rings. The summed E-state index contributed by atoms with van der Waals surface area (Å²) in [5.41, 5.74) is 0. The monoisotopic (exact) mass is 357 g/mol. The third-order valence-corrected chi connectivity index (χ3v) is 9.43. The fourth-order valence-corrected chi connectivity index (χ4v) is 7.77. The van der Waals surface area contributed by atoms with Crippen molar-refractivity contribution in [1.29, 1.82) is 0 Å². The molecule has 0 aliphatic carbocycles. The first kappa shape index (κ1) is 19.4. The molecule has 0 fully saturated rings. The number of aliphatic hydroxyl groups is 1. The molecule has 0 saturated carbocycles. The summed E-state index contributed by atoms with van der Waals surface area (Å²) in [6.45, 7) is 6.44. The topological polar surface area (TPSA) is 58.6 Å². The van der Waals surface area contributed by atoms with Gasteiger partial charge < -0.3 is 14.8 Å². The Hall–Kier alpha value is -1.95. The molecule has 0 heterocycles. The van der Waals surface area contributed by atoms with Gasteiger partial charge in [-0.2, -0.15) is 0 Å². The zero-order valence-corrected chi connectivity index (χ0v) is 16.3. The molecular formula is C20H27NO3Si. The van der Waals surface area contributed by atoms with Crippen LogP contribution in [0.3, 0.4) is 0 Å². The third-order valence-electron chi connectivity index (χ3n) is 4.42. The minimum Gasteiger partial charge on any atom is -0.404 e. The van der Waals surface area contributed by atoms with Gasteiger partial charge in [0, 0.05) is 7.05 Å². The van der Waals surface area contributed by atoms with Crippen molar-refractivity contribution in [3.8, 4) is 0 Å². The Morgan fingerprint density at radius 1 is 1.04 bits per heavy atom. The molecule has 0 saturated heterocycles. The summed E-state index contributed by atoms with van der Waals surface area (Å²) in [6, 6.07) is 20.3. The fraction of sp³-hybridized carbons (Fsp3) is 0.350. The van der Waals surface area contributed by atoms with Gasteiger partial charge in [-0.1, -0.05) is 81.4 Å². The third kappa shape index (κ3) is 4.00. The Morgan fingerprint density at radius 3 is 1.84 bits per heavy atom. The Balaban J connectivity index is 2.55. The molecule has 5 heteroatoms. The van der Waals surface area contributed by atoms with Crippen LogP contribution in [0.25, 0.3) is 0 Å². The summed E-state index contributed by atoms with van der Waals surface area (Å²) in [5, 5.41) is 14.7. The second-order valence-corrected chi connectivity index (χ2v) is 11.4. The van der Waals surface area contributed by atoms with Crippen molar-refractivity contribution in [2.45, 2.75) is 31.9 Å². The molecule has 1 amide bonds. The van der Waals surface area contributed by atoms with E-state index in [4.69, 9.17) is 4.43 Å². The maximum absolute atomic E-state index is 11.7. The van der Waals surface area contributed by atoms with Crippen LogP contribution in [0.5, 0.6) is 0 Å². The van der Waals surface area contributed by atoms with Crippen LogP contribution in [0.4, 0.5) is 0 Å². The second-order valence-electron chi connectivity index (χ2n) is 7.10. The molecule has 1 atom stereocenters. The number of benzene rings is 2. The van der Waals surface area contributed by atoms with Gasteiger partial charge in [0.25, 0.3) is 14.2 Å². The number of hydrogen-bond acceptors (Lipinski definition) is 3. The van der Waals surface area contributed by atoms with Crippen molar-refractivity contribution in [2.75, 3.05) is 13.7 Å². The van der Waals surface area contributed by atoms with Crippen LogP contribution in [-0.2, 0) is 9.22 Å². The highest BCUT2D eigenvalue weighted by Gasteiger charge is 2.50. The quantitative estimate of drug-likeness (QED) is 0.773. The van der Waals surface area contributed by atoms with Crippen molar-refractivity contribution in [3.63, 3.8) is 0 Å². The van der Waals surface area contributed by atoms with Crippen molar-refractivity contribution in [1.82, 2.24) is 5.32 Å². The van der Waals surface area contributed by atoms with E-state index in [9.17, 15) is 9.90 Å². The first-order valence-electron chi connectivity index (χ1n) is 8.47.